The molecule has 0 aliphatic rings. The van der Waals surface area contributed by atoms with Crippen molar-refractivity contribution in [3.05, 3.63) is 90.0 Å². The molecule has 5 heteroatoms. The summed E-state index contributed by atoms with van der Waals surface area (Å²) in [6.45, 7) is 1.51. The maximum atomic E-state index is 13.1. The Morgan fingerprint density at radius 1 is 0.929 bits per heavy atom. The van der Waals surface area contributed by atoms with E-state index < -0.39 is 5.25 Å². The van der Waals surface area contributed by atoms with E-state index in [0.717, 1.165) is 16.2 Å². The number of nitrogens with one attached hydrogen (secondary N) is 1. The fourth-order valence-corrected chi connectivity index (χ4v) is 3.74. The summed E-state index contributed by atoms with van der Waals surface area (Å²) in [6, 6.07) is 24.2. The van der Waals surface area contributed by atoms with E-state index in [2.05, 4.69) is 5.32 Å². The van der Waals surface area contributed by atoms with Gasteiger partial charge in [0.05, 0.1) is 7.11 Å². The first-order chi connectivity index (χ1) is 13.6. The van der Waals surface area contributed by atoms with Crippen LogP contribution in [0.5, 0.6) is 5.75 Å². The summed E-state index contributed by atoms with van der Waals surface area (Å²) in [6.07, 6.45) is 0. The van der Waals surface area contributed by atoms with Gasteiger partial charge in [-0.3, -0.25) is 9.59 Å². The van der Waals surface area contributed by atoms with Gasteiger partial charge in [0, 0.05) is 16.1 Å². The largest absolute Gasteiger partial charge is 0.497 e. The number of carbonyl (C=O) groups excluding carboxylic acids is 2. The van der Waals surface area contributed by atoms with Crippen molar-refractivity contribution < 1.29 is 14.3 Å². The molecule has 142 valence electrons. The molecule has 0 radical (unpaired) electrons. The highest BCUT2D eigenvalue weighted by Crippen LogP contribution is 2.36. The van der Waals surface area contributed by atoms with Gasteiger partial charge in [-0.1, -0.05) is 42.5 Å². The van der Waals surface area contributed by atoms with Crippen LogP contribution in [-0.2, 0) is 4.79 Å². The van der Waals surface area contributed by atoms with Crippen LogP contribution in [0.25, 0.3) is 0 Å². The molecule has 1 atom stereocenters. The van der Waals surface area contributed by atoms with E-state index in [9.17, 15) is 9.59 Å². The van der Waals surface area contributed by atoms with E-state index >= 15 is 0 Å². The molecule has 0 spiro atoms. The Bertz CT molecular complexity index is 955. The minimum absolute atomic E-state index is 0.0386. The third-order valence-corrected chi connectivity index (χ3v) is 5.46. The zero-order chi connectivity index (χ0) is 19.9. The Balaban J connectivity index is 1.84. The number of benzene rings is 3. The number of hydrogen-bond donors (Lipinski definition) is 1. The molecular weight excluding hydrogens is 370 g/mol. The van der Waals surface area contributed by atoms with Crippen LogP contribution in [0, 0.1) is 0 Å². The SMILES string of the molecule is COc1ccc(S[C@H](C(=O)Nc2cccc(C(C)=O)c2)c2ccccc2)cc1. The van der Waals surface area contributed by atoms with Crippen LogP contribution in [0.4, 0.5) is 5.69 Å². The molecule has 0 aromatic heterocycles. The number of ketones is 1. The fraction of sp³-hybridized carbons (Fsp3) is 0.130. The Hall–Kier alpha value is -3.05. The molecule has 28 heavy (non-hydrogen) atoms. The number of Topliss-reactive ketones (excluding diaryl/α,β-unsaturated/α-hetero) is 1. The number of anilines is 1. The number of rotatable bonds is 7. The summed E-state index contributed by atoms with van der Waals surface area (Å²) in [5.41, 5.74) is 2.08. The van der Waals surface area contributed by atoms with Crippen molar-refractivity contribution in [3.63, 3.8) is 0 Å². The van der Waals surface area contributed by atoms with Gasteiger partial charge in [0.2, 0.25) is 5.91 Å². The van der Waals surface area contributed by atoms with Gasteiger partial charge in [-0.25, -0.2) is 0 Å². The number of amides is 1. The first-order valence-electron chi connectivity index (χ1n) is 8.84. The minimum atomic E-state index is -0.435. The lowest BCUT2D eigenvalue weighted by Crippen LogP contribution is -2.19. The van der Waals surface area contributed by atoms with Crippen LogP contribution in [-0.4, -0.2) is 18.8 Å². The van der Waals surface area contributed by atoms with E-state index in [1.54, 1.807) is 31.4 Å². The molecule has 4 nitrogen and oxygen atoms in total. The average Bonchev–Trinajstić information content (AvgIpc) is 2.73. The van der Waals surface area contributed by atoms with Crippen molar-refractivity contribution in [2.24, 2.45) is 0 Å². The van der Waals surface area contributed by atoms with Gasteiger partial charge in [0.15, 0.2) is 5.78 Å². The van der Waals surface area contributed by atoms with Crippen LogP contribution in [0.3, 0.4) is 0 Å². The molecule has 0 fully saturated rings. The van der Waals surface area contributed by atoms with E-state index in [1.165, 1.54) is 18.7 Å². The quantitative estimate of drug-likeness (QED) is 0.434. The number of thioether (sulfide) groups is 1. The Morgan fingerprint density at radius 2 is 1.64 bits per heavy atom. The molecule has 0 unspecified atom stereocenters. The normalized spacial score (nSPS) is 11.5. The highest BCUT2D eigenvalue weighted by Gasteiger charge is 2.22. The summed E-state index contributed by atoms with van der Waals surface area (Å²) < 4.78 is 5.20. The Labute approximate surface area is 168 Å². The third kappa shape index (κ3) is 5.02. The van der Waals surface area contributed by atoms with Gasteiger partial charge in [0.1, 0.15) is 11.0 Å². The second-order valence-electron chi connectivity index (χ2n) is 6.21. The van der Waals surface area contributed by atoms with Crippen molar-refractivity contribution in [1.82, 2.24) is 0 Å². The van der Waals surface area contributed by atoms with E-state index in [-0.39, 0.29) is 11.7 Å². The van der Waals surface area contributed by atoms with E-state index in [1.807, 2.05) is 54.6 Å². The lowest BCUT2D eigenvalue weighted by Gasteiger charge is -2.17. The van der Waals surface area contributed by atoms with Gasteiger partial charge >= 0.3 is 0 Å². The number of methoxy groups -OCH3 is 1. The summed E-state index contributed by atoms with van der Waals surface area (Å²) in [5, 5.41) is 2.51. The number of carbonyl (C=O) groups is 2. The maximum absolute atomic E-state index is 13.1. The summed E-state index contributed by atoms with van der Waals surface area (Å²) >= 11 is 1.46. The first kappa shape index (κ1) is 19.7. The number of ether oxygens (including phenoxy) is 1. The van der Waals surface area contributed by atoms with Crippen molar-refractivity contribution in [1.29, 1.82) is 0 Å². The molecule has 0 aliphatic carbocycles. The Morgan fingerprint density at radius 3 is 2.29 bits per heavy atom. The second kappa shape index (κ2) is 9.24. The van der Waals surface area contributed by atoms with Crippen LogP contribution >= 0.6 is 11.8 Å². The molecule has 1 amide bonds. The highest BCUT2D eigenvalue weighted by molar-refractivity contribution is 8.00. The molecule has 3 aromatic carbocycles. The van der Waals surface area contributed by atoms with Crippen molar-refractivity contribution >= 4 is 29.1 Å². The smallest absolute Gasteiger partial charge is 0.242 e. The summed E-state index contributed by atoms with van der Waals surface area (Å²) in [7, 11) is 1.62. The zero-order valence-corrected chi connectivity index (χ0v) is 16.5. The highest BCUT2D eigenvalue weighted by atomic mass is 32.2. The molecule has 0 heterocycles. The second-order valence-corrected chi connectivity index (χ2v) is 7.39. The molecule has 0 bridgehead atoms. The van der Waals surface area contributed by atoms with Crippen LogP contribution in [0.2, 0.25) is 0 Å². The molecule has 1 N–H and O–H groups in total. The van der Waals surface area contributed by atoms with Gasteiger partial charge in [-0.2, -0.15) is 0 Å². The predicted molar refractivity (Wildman–Crippen MR) is 113 cm³/mol. The minimum Gasteiger partial charge on any atom is -0.497 e. The van der Waals surface area contributed by atoms with Crippen LogP contribution < -0.4 is 10.1 Å². The summed E-state index contributed by atoms with van der Waals surface area (Å²) in [5.74, 6) is 0.585. The van der Waals surface area contributed by atoms with E-state index in [0.29, 0.717) is 11.3 Å². The lowest BCUT2D eigenvalue weighted by atomic mass is 10.1. The van der Waals surface area contributed by atoms with Crippen molar-refractivity contribution in [2.75, 3.05) is 12.4 Å². The van der Waals surface area contributed by atoms with Gasteiger partial charge in [-0.15, -0.1) is 11.8 Å². The maximum Gasteiger partial charge on any atom is 0.242 e. The number of hydrogen-bond acceptors (Lipinski definition) is 4. The van der Waals surface area contributed by atoms with Crippen LogP contribution in [0.1, 0.15) is 28.1 Å². The molecular formula is C23H21NO3S. The van der Waals surface area contributed by atoms with Gasteiger partial charge < -0.3 is 10.1 Å². The molecule has 0 aliphatic heterocycles. The Kier molecular flexibility index (Phi) is 6.50. The average molecular weight is 391 g/mol. The monoisotopic (exact) mass is 391 g/mol. The first-order valence-corrected chi connectivity index (χ1v) is 9.72. The summed E-state index contributed by atoms with van der Waals surface area (Å²) in [4.78, 5) is 25.6. The molecule has 0 saturated carbocycles. The van der Waals surface area contributed by atoms with E-state index in [4.69, 9.17) is 4.74 Å². The third-order valence-electron chi connectivity index (χ3n) is 4.19. The molecule has 0 saturated heterocycles. The van der Waals surface area contributed by atoms with Gasteiger partial charge in [-0.05, 0) is 48.9 Å². The van der Waals surface area contributed by atoms with Crippen molar-refractivity contribution in [2.45, 2.75) is 17.1 Å². The predicted octanol–water partition coefficient (Wildman–Crippen LogP) is 5.37. The fourth-order valence-electron chi connectivity index (χ4n) is 2.71. The topological polar surface area (TPSA) is 55.4 Å². The van der Waals surface area contributed by atoms with Crippen molar-refractivity contribution in [3.8, 4) is 5.75 Å². The molecule has 3 aromatic rings. The standard InChI is InChI=1S/C23H21NO3S/c1-16(25)18-9-6-10-19(15-18)24-23(26)22(17-7-4-3-5-8-17)28-21-13-11-20(27-2)12-14-21/h3-15,22H,1-2H3,(H,24,26)/t22-/m0/s1. The van der Waals surface area contributed by atoms with Crippen LogP contribution in [0.15, 0.2) is 83.8 Å². The lowest BCUT2D eigenvalue weighted by molar-refractivity contribution is -0.115. The zero-order valence-electron chi connectivity index (χ0n) is 15.7. The van der Waals surface area contributed by atoms with Gasteiger partial charge in [0.25, 0.3) is 0 Å². The molecule has 3 rings (SSSR count).